The third kappa shape index (κ3) is 5.93. The predicted octanol–water partition coefficient (Wildman–Crippen LogP) is 3.42. The summed E-state index contributed by atoms with van der Waals surface area (Å²) >= 11 is 0. The Morgan fingerprint density at radius 1 is 1.12 bits per heavy atom. The van der Waals surface area contributed by atoms with Gasteiger partial charge in [-0.15, -0.1) is 0 Å². The Morgan fingerprint density at radius 3 is 2.56 bits per heavy atom. The van der Waals surface area contributed by atoms with Gasteiger partial charge in [0.1, 0.15) is 0 Å². The van der Waals surface area contributed by atoms with Gasteiger partial charge >= 0.3 is 6.03 Å². The standard InChI is InChI=1S/C26H30N4O4/c1-18-2-5-22(14-24(18)29-26(32)28-16-23-17-33-12-13-34-23)25(31)30-10-8-21(9-11-30)20-6-3-19(15-27)4-7-20/h2-7,14,21,23H,8-13,16-17H2,1H3,(H2,28,29,32). The summed E-state index contributed by atoms with van der Waals surface area (Å²) in [7, 11) is 0. The molecule has 0 aromatic heterocycles. The summed E-state index contributed by atoms with van der Waals surface area (Å²) < 4.78 is 10.9. The number of amides is 3. The van der Waals surface area contributed by atoms with Crippen molar-refractivity contribution in [3.63, 3.8) is 0 Å². The van der Waals surface area contributed by atoms with Gasteiger partial charge in [-0.2, -0.15) is 5.26 Å². The third-order valence-electron chi connectivity index (χ3n) is 6.40. The zero-order chi connectivity index (χ0) is 23.9. The van der Waals surface area contributed by atoms with Gasteiger partial charge in [-0.05, 0) is 61.1 Å². The van der Waals surface area contributed by atoms with Gasteiger partial charge in [0.2, 0.25) is 0 Å². The van der Waals surface area contributed by atoms with Crippen LogP contribution in [0.4, 0.5) is 10.5 Å². The number of piperidine rings is 1. The van der Waals surface area contributed by atoms with Gasteiger partial charge in [0.15, 0.2) is 0 Å². The van der Waals surface area contributed by atoms with Crippen molar-refractivity contribution in [2.24, 2.45) is 0 Å². The molecule has 8 nitrogen and oxygen atoms in total. The number of anilines is 1. The van der Waals surface area contributed by atoms with Crippen LogP contribution in [-0.2, 0) is 9.47 Å². The molecule has 2 aromatic rings. The molecule has 2 saturated heterocycles. The fourth-order valence-electron chi connectivity index (χ4n) is 4.35. The van der Waals surface area contributed by atoms with Crippen LogP contribution in [0.3, 0.4) is 0 Å². The fraction of sp³-hybridized carbons (Fsp3) is 0.423. The van der Waals surface area contributed by atoms with Crippen LogP contribution in [0.2, 0.25) is 0 Å². The summed E-state index contributed by atoms with van der Waals surface area (Å²) in [6.07, 6.45) is 1.61. The summed E-state index contributed by atoms with van der Waals surface area (Å²) in [5.74, 6) is 0.351. The summed E-state index contributed by atoms with van der Waals surface area (Å²) in [4.78, 5) is 27.4. The van der Waals surface area contributed by atoms with E-state index in [1.165, 1.54) is 5.56 Å². The maximum Gasteiger partial charge on any atom is 0.319 e. The van der Waals surface area contributed by atoms with E-state index in [0.29, 0.717) is 62.2 Å². The van der Waals surface area contributed by atoms with Gasteiger partial charge in [0.25, 0.3) is 5.91 Å². The minimum absolute atomic E-state index is 0.0329. The van der Waals surface area contributed by atoms with Gasteiger partial charge in [-0.3, -0.25) is 4.79 Å². The molecule has 34 heavy (non-hydrogen) atoms. The number of urea groups is 1. The number of hydrogen-bond acceptors (Lipinski definition) is 5. The number of nitriles is 1. The Morgan fingerprint density at radius 2 is 1.88 bits per heavy atom. The Hall–Kier alpha value is -3.41. The molecule has 2 aliphatic heterocycles. The second-order valence-electron chi connectivity index (χ2n) is 8.73. The van der Waals surface area contributed by atoms with Crippen LogP contribution in [0, 0.1) is 18.3 Å². The van der Waals surface area contributed by atoms with E-state index in [-0.39, 0.29) is 18.0 Å². The normalized spacial score (nSPS) is 18.7. The molecule has 2 aliphatic rings. The van der Waals surface area contributed by atoms with E-state index >= 15 is 0 Å². The second-order valence-corrected chi connectivity index (χ2v) is 8.73. The molecular formula is C26H30N4O4. The average Bonchev–Trinajstić information content (AvgIpc) is 2.89. The first-order valence-electron chi connectivity index (χ1n) is 11.7. The number of ether oxygens (including phenoxy) is 2. The molecule has 0 saturated carbocycles. The average molecular weight is 463 g/mol. The summed E-state index contributed by atoms with van der Waals surface area (Å²) in [5.41, 5.74) is 3.91. The van der Waals surface area contributed by atoms with Crippen LogP contribution >= 0.6 is 0 Å². The molecule has 2 aromatic carbocycles. The van der Waals surface area contributed by atoms with Crippen molar-refractivity contribution in [2.75, 3.05) is 44.8 Å². The quantitative estimate of drug-likeness (QED) is 0.709. The first-order valence-corrected chi connectivity index (χ1v) is 11.7. The van der Waals surface area contributed by atoms with Crippen LogP contribution in [0.1, 0.15) is 45.8 Å². The maximum absolute atomic E-state index is 13.1. The number of nitrogens with zero attached hydrogens (tertiary/aromatic N) is 2. The molecule has 0 spiro atoms. The number of likely N-dealkylation sites (tertiary alicyclic amines) is 1. The van der Waals surface area contributed by atoms with E-state index in [2.05, 4.69) is 16.7 Å². The Balaban J connectivity index is 1.32. The summed E-state index contributed by atoms with van der Waals surface area (Å²) in [6.45, 7) is 5.17. The number of aryl methyl sites for hydroxylation is 1. The first kappa shape index (κ1) is 23.7. The molecule has 4 rings (SSSR count). The van der Waals surface area contributed by atoms with Crippen LogP contribution < -0.4 is 10.6 Å². The third-order valence-corrected chi connectivity index (χ3v) is 6.40. The van der Waals surface area contributed by atoms with Gasteiger partial charge in [0.05, 0.1) is 37.6 Å². The number of carbonyl (C=O) groups is 2. The van der Waals surface area contributed by atoms with Crippen molar-refractivity contribution in [2.45, 2.75) is 31.8 Å². The summed E-state index contributed by atoms with van der Waals surface area (Å²) in [5, 5.41) is 14.6. The van der Waals surface area contributed by atoms with Gasteiger partial charge in [0, 0.05) is 30.9 Å². The molecule has 2 heterocycles. The van der Waals surface area contributed by atoms with Crippen molar-refractivity contribution in [3.8, 4) is 6.07 Å². The highest BCUT2D eigenvalue weighted by Gasteiger charge is 2.25. The lowest BCUT2D eigenvalue weighted by molar-refractivity contribution is -0.0852. The molecule has 0 radical (unpaired) electrons. The van der Waals surface area contributed by atoms with E-state index in [9.17, 15) is 9.59 Å². The van der Waals surface area contributed by atoms with Crippen molar-refractivity contribution in [3.05, 3.63) is 64.7 Å². The Kier molecular flexibility index (Phi) is 7.78. The number of carbonyl (C=O) groups excluding carboxylic acids is 2. The van der Waals surface area contributed by atoms with E-state index in [1.54, 1.807) is 12.1 Å². The van der Waals surface area contributed by atoms with Crippen molar-refractivity contribution >= 4 is 17.6 Å². The highest BCUT2D eigenvalue weighted by molar-refractivity contribution is 5.97. The molecular weight excluding hydrogens is 432 g/mol. The van der Waals surface area contributed by atoms with Crippen LogP contribution in [0.25, 0.3) is 0 Å². The zero-order valence-corrected chi connectivity index (χ0v) is 19.4. The van der Waals surface area contributed by atoms with Gasteiger partial charge in [-0.1, -0.05) is 18.2 Å². The molecule has 2 fully saturated rings. The van der Waals surface area contributed by atoms with E-state index < -0.39 is 0 Å². The van der Waals surface area contributed by atoms with E-state index in [0.717, 1.165) is 18.4 Å². The predicted molar refractivity (Wildman–Crippen MR) is 128 cm³/mol. The van der Waals surface area contributed by atoms with Crippen LogP contribution in [0.15, 0.2) is 42.5 Å². The smallest absolute Gasteiger partial charge is 0.319 e. The molecule has 1 atom stereocenters. The van der Waals surface area contributed by atoms with Crippen molar-refractivity contribution in [1.29, 1.82) is 5.26 Å². The van der Waals surface area contributed by atoms with Gasteiger partial charge < -0.3 is 25.0 Å². The molecule has 1 unspecified atom stereocenters. The Bertz CT molecular complexity index is 1050. The van der Waals surface area contributed by atoms with E-state index in [4.69, 9.17) is 14.7 Å². The minimum Gasteiger partial charge on any atom is -0.376 e. The lowest BCUT2D eigenvalue weighted by atomic mass is 9.89. The lowest BCUT2D eigenvalue weighted by Gasteiger charge is -2.32. The molecule has 3 amide bonds. The molecule has 2 N–H and O–H groups in total. The van der Waals surface area contributed by atoms with Crippen molar-refractivity contribution in [1.82, 2.24) is 10.2 Å². The topological polar surface area (TPSA) is 104 Å². The molecule has 8 heteroatoms. The maximum atomic E-state index is 13.1. The molecule has 0 bridgehead atoms. The minimum atomic E-state index is -0.342. The van der Waals surface area contributed by atoms with Crippen LogP contribution in [-0.4, -0.2) is 62.4 Å². The van der Waals surface area contributed by atoms with Crippen LogP contribution in [0.5, 0.6) is 0 Å². The fourth-order valence-corrected chi connectivity index (χ4v) is 4.35. The Labute approximate surface area is 199 Å². The SMILES string of the molecule is Cc1ccc(C(=O)N2CCC(c3ccc(C#N)cc3)CC2)cc1NC(=O)NCC1COCCO1. The lowest BCUT2D eigenvalue weighted by Crippen LogP contribution is -2.41. The van der Waals surface area contributed by atoms with Gasteiger partial charge in [-0.25, -0.2) is 4.79 Å². The monoisotopic (exact) mass is 462 g/mol. The number of hydrogen-bond donors (Lipinski definition) is 2. The van der Waals surface area contributed by atoms with Crippen molar-refractivity contribution < 1.29 is 19.1 Å². The highest BCUT2D eigenvalue weighted by Crippen LogP contribution is 2.29. The second kappa shape index (κ2) is 11.1. The summed E-state index contributed by atoms with van der Waals surface area (Å²) in [6, 6.07) is 14.9. The highest BCUT2D eigenvalue weighted by atomic mass is 16.6. The largest absolute Gasteiger partial charge is 0.376 e. The number of rotatable bonds is 5. The molecule has 0 aliphatic carbocycles. The number of benzene rings is 2. The molecule has 178 valence electrons. The van der Waals surface area contributed by atoms with E-state index in [1.807, 2.05) is 42.2 Å². The number of nitrogens with one attached hydrogen (secondary N) is 2. The zero-order valence-electron chi connectivity index (χ0n) is 19.4. The first-order chi connectivity index (χ1) is 16.5.